The molecule has 0 saturated heterocycles. The molecule has 1 atom stereocenters. The Balaban J connectivity index is 1.24. The zero-order valence-corrected chi connectivity index (χ0v) is 30.5. The molecule has 8 aromatic carbocycles. The smallest absolute Gasteiger partial charge is 0.0531 e. The van der Waals surface area contributed by atoms with Gasteiger partial charge in [-0.2, -0.15) is 0 Å². The Labute approximate surface area is 322 Å². The van der Waals surface area contributed by atoms with Crippen LogP contribution in [0.4, 0.5) is 0 Å². The Morgan fingerprint density at radius 3 is 1.38 bits per heavy atom. The summed E-state index contributed by atoms with van der Waals surface area (Å²) in [5.41, 5.74) is 14.7. The second-order valence-corrected chi connectivity index (χ2v) is 14.4. The maximum absolute atomic E-state index is 2.49. The van der Waals surface area contributed by atoms with E-state index in [0.717, 1.165) is 12.1 Å². The third-order valence-corrected chi connectivity index (χ3v) is 11.2. The van der Waals surface area contributed by atoms with Crippen molar-refractivity contribution in [1.82, 2.24) is 4.57 Å². The highest BCUT2D eigenvalue weighted by Gasteiger charge is 2.22. The maximum Gasteiger partial charge on any atom is 0.0531 e. The van der Waals surface area contributed by atoms with Gasteiger partial charge in [-0.05, 0) is 102 Å². The molecule has 1 aromatic heterocycles. The van der Waals surface area contributed by atoms with Crippen LogP contribution in [0.1, 0.15) is 18.0 Å². The molecule has 0 saturated carbocycles. The van der Waals surface area contributed by atoms with Crippen molar-refractivity contribution in [3.05, 3.63) is 224 Å². The van der Waals surface area contributed by atoms with Gasteiger partial charge in [-0.3, -0.25) is 0 Å². The van der Waals surface area contributed by atoms with Gasteiger partial charge in [-0.25, -0.2) is 0 Å². The molecule has 55 heavy (non-hydrogen) atoms. The fourth-order valence-electron chi connectivity index (χ4n) is 8.51. The lowest BCUT2D eigenvalue weighted by molar-refractivity contribution is 0.786. The minimum Gasteiger partial charge on any atom is -0.313 e. The maximum atomic E-state index is 2.49. The van der Waals surface area contributed by atoms with Gasteiger partial charge in [-0.15, -0.1) is 0 Å². The van der Waals surface area contributed by atoms with Gasteiger partial charge < -0.3 is 4.57 Å². The van der Waals surface area contributed by atoms with Crippen LogP contribution in [0, 0.1) is 0 Å². The first kappa shape index (κ1) is 32.7. The van der Waals surface area contributed by atoms with E-state index in [4.69, 9.17) is 0 Å². The molecule has 1 aliphatic carbocycles. The zero-order chi connectivity index (χ0) is 36.6. The molecule has 9 aromatic rings. The van der Waals surface area contributed by atoms with Gasteiger partial charge in [0.1, 0.15) is 0 Å². The van der Waals surface area contributed by atoms with E-state index in [1.807, 2.05) is 0 Å². The normalized spacial score (nSPS) is 13.8. The molecule has 0 aliphatic heterocycles. The van der Waals surface area contributed by atoms with Crippen molar-refractivity contribution in [2.45, 2.75) is 12.3 Å². The van der Waals surface area contributed by atoms with Crippen molar-refractivity contribution in [3.8, 4) is 61.5 Å². The zero-order valence-electron chi connectivity index (χ0n) is 30.5. The Kier molecular flexibility index (Phi) is 8.39. The quantitative estimate of drug-likeness (QED) is 0.146. The predicted octanol–water partition coefficient (Wildman–Crippen LogP) is 14.7. The Morgan fingerprint density at radius 1 is 0.364 bits per heavy atom. The van der Waals surface area contributed by atoms with Crippen molar-refractivity contribution in [2.24, 2.45) is 0 Å². The molecule has 0 amide bonds. The molecular formula is C54H39N. The van der Waals surface area contributed by atoms with E-state index in [0.29, 0.717) is 5.92 Å². The van der Waals surface area contributed by atoms with E-state index < -0.39 is 0 Å². The summed E-state index contributed by atoms with van der Waals surface area (Å²) in [4.78, 5) is 0. The lowest BCUT2D eigenvalue weighted by Gasteiger charge is -2.22. The van der Waals surface area contributed by atoms with Crippen LogP contribution in [0.2, 0.25) is 0 Å². The number of hydrogen-bond acceptors (Lipinski definition) is 0. The van der Waals surface area contributed by atoms with E-state index in [1.165, 1.54) is 83.0 Å². The third kappa shape index (κ3) is 6.01. The SMILES string of the molecule is C1=CCC(c2ccc(-c3ccccc3)n2-c2ccc3c(-c4ccc(-c5ccccc5)cc4)c4ccccc4c(-c4ccc(-c5ccccc5)cc4)c3c2)C=C1. The fourth-order valence-corrected chi connectivity index (χ4v) is 8.51. The first-order valence-corrected chi connectivity index (χ1v) is 19.2. The minimum atomic E-state index is 0.290. The summed E-state index contributed by atoms with van der Waals surface area (Å²) in [6, 6.07) is 71.1. The average molecular weight is 702 g/mol. The molecule has 1 unspecified atom stereocenters. The fraction of sp³-hybridized carbons (Fsp3) is 0.0370. The monoisotopic (exact) mass is 701 g/mol. The number of hydrogen-bond donors (Lipinski definition) is 0. The van der Waals surface area contributed by atoms with E-state index >= 15 is 0 Å². The van der Waals surface area contributed by atoms with Gasteiger partial charge in [0.2, 0.25) is 0 Å². The largest absolute Gasteiger partial charge is 0.313 e. The Morgan fingerprint density at radius 2 is 0.836 bits per heavy atom. The molecule has 0 bridgehead atoms. The number of aromatic nitrogens is 1. The summed E-state index contributed by atoms with van der Waals surface area (Å²) in [5, 5.41) is 4.98. The van der Waals surface area contributed by atoms with Crippen molar-refractivity contribution in [1.29, 1.82) is 0 Å². The van der Waals surface area contributed by atoms with Gasteiger partial charge in [-0.1, -0.05) is 194 Å². The first-order chi connectivity index (χ1) is 27.3. The second-order valence-electron chi connectivity index (χ2n) is 14.4. The lowest BCUT2D eigenvalue weighted by atomic mass is 9.85. The van der Waals surface area contributed by atoms with Crippen LogP contribution in [-0.2, 0) is 0 Å². The van der Waals surface area contributed by atoms with Gasteiger partial charge in [0.25, 0.3) is 0 Å². The van der Waals surface area contributed by atoms with E-state index in [2.05, 4.69) is 223 Å². The number of benzene rings is 8. The highest BCUT2D eigenvalue weighted by Crippen LogP contribution is 2.46. The molecule has 10 rings (SSSR count). The first-order valence-electron chi connectivity index (χ1n) is 19.2. The van der Waals surface area contributed by atoms with Crippen LogP contribution in [-0.4, -0.2) is 4.57 Å². The van der Waals surface area contributed by atoms with Crippen LogP contribution >= 0.6 is 0 Å². The molecule has 1 aliphatic rings. The van der Waals surface area contributed by atoms with Crippen LogP contribution in [0.25, 0.3) is 83.0 Å². The number of allylic oxidation sites excluding steroid dienone is 4. The predicted molar refractivity (Wildman–Crippen MR) is 234 cm³/mol. The molecule has 0 spiro atoms. The van der Waals surface area contributed by atoms with Gasteiger partial charge in [0.05, 0.1) is 5.69 Å². The molecule has 1 heteroatoms. The number of fused-ring (bicyclic) bond motifs is 2. The molecule has 0 fully saturated rings. The summed E-state index contributed by atoms with van der Waals surface area (Å²) < 4.78 is 2.49. The van der Waals surface area contributed by atoms with Gasteiger partial charge in [0.15, 0.2) is 0 Å². The molecular weight excluding hydrogens is 663 g/mol. The Hall–Kier alpha value is -6.96. The van der Waals surface area contributed by atoms with Crippen LogP contribution in [0.5, 0.6) is 0 Å². The third-order valence-electron chi connectivity index (χ3n) is 11.2. The Bertz CT molecular complexity index is 2840. The van der Waals surface area contributed by atoms with Crippen molar-refractivity contribution >= 4 is 21.5 Å². The summed E-state index contributed by atoms with van der Waals surface area (Å²) in [6.45, 7) is 0. The molecule has 260 valence electrons. The number of rotatable bonds is 7. The van der Waals surface area contributed by atoms with Gasteiger partial charge in [0, 0.05) is 17.3 Å². The van der Waals surface area contributed by atoms with Gasteiger partial charge >= 0.3 is 0 Å². The van der Waals surface area contributed by atoms with Crippen molar-refractivity contribution in [3.63, 3.8) is 0 Å². The highest BCUT2D eigenvalue weighted by molar-refractivity contribution is 6.21. The summed E-state index contributed by atoms with van der Waals surface area (Å²) >= 11 is 0. The summed E-state index contributed by atoms with van der Waals surface area (Å²) in [7, 11) is 0. The standard InChI is InChI=1S/C54H39N/c1-5-15-38(16-6-1)40-25-29-44(30-26-40)53-47-23-13-14-24-48(47)54(45-31-27-41(28-32-45)39-17-7-2-8-18-39)50-37-46(33-34-49(50)53)55-51(42-19-9-3-10-20-42)35-36-52(55)43-21-11-4-12-22-43/h1-21,23-37,43H,22H2. The van der Waals surface area contributed by atoms with Crippen LogP contribution in [0.15, 0.2) is 218 Å². The minimum absolute atomic E-state index is 0.290. The van der Waals surface area contributed by atoms with Crippen molar-refractivity contribution in [2.75, 3.05) is 0 Å². The number of nitrogens with zero attached hydrogens (tertiary/aromatic N) is 1. The molecule has 1 heterocycles. The average Bonchev–Trinajstić information content (AvgIpc) is 3.72. The molecule has 0 radical (unpaired) electrons. The van der Waals surface area contributed by atoms with Crippen molar-refractivity contribution < 1.29 is 0 Å². The molecule has 0 N–H and O–H groups in total. The second kappa shape index (κ2) is 14.1. The van der Waals surface area contributed by atoms with Crippen LogP contribution in [0.3, 0.4) is 0 Å². The molecule has 1 nitrogen and oxygen atoms in total. The van der Waals surface area contributed by atoms with E-state index in [9.17, 15) is 0 Å². The van der Waals surface area contributed by atoms with Crippen LogP contribution < -0.4 is 0 Å². The van der Waals surface area contributed by atoms with E-state index in [-0.39, 0.29) is 0 Å². The topological polar surface area (TPSA) is 4.93 Å². The summed E-state index contributed by atoms with van der Waals surface area (Å²) in [5.74, 6) is 0.290. The lowest BCUT2D eigenvalue weighted by Crippen LogP contribution is -2.07. The van der Waals surface area contributed by atoms with E-state index in [1.54, 1.807) is 0 Å². The highest BCUT2D eigenvalue weighted by atomic mass is 15.0. The summed E-state index contributed by atoms with van der Waals surface area (Å²) in [6.07, 6.45) is 9.95.